The van der Waals surface area contributed by atoms with E-state index in [-0.39, 0.29) is 54.8 Å². The van der Waals surface area contributed by atoms with Crippen LogP contribution in [0.25, 0.3) is 0 Å². The van der Waals surface area contributed by atoms with Crippen molar-refractivity contribution in [3.8, 4) is 0 Å². The third-order valence-corrected chi connectivity index (χ3v) is 6.25. The fourth-order valence-corrected chi connectivity index (χ4v) is 3.58. The molecule has 0 aromatic carbocycles. The number of hydrogen-bond donors (Lipinski definition) is 2. The standard InChI is InChI=1S/C12H22N2O10S3.Na/c1-2-25(17,18)8-3-11(15)13-5-6-14-12(16)4-9-26(19,20)10-7-24-27(21,22)23;/h2H,1,3-10H2,(H,13,15)(H,14,16)(H,21,22,23);/q;+1/p-1. The van der Waals surface area contributed by atoms with E-state index in [0.29, 0.717) is 0 Å². The molecule has 0 saturated heterocycles. The summed E-state index contributed by atoms with van der Waals surface area (Å²) in [4.78, 5) is 22.9. The molecule has 0 radical (unpaired) electrons. The largest absolute Gasteiger partial charge is 1.00 e. The van der Waals surface area contributed by atoms with Crippen molar-refractivity contribution in [2.75, 3.05) is 37.0 Å². The van der Waals surface area contributed by atoms with Gasteiger partial charge in [-0.25, -0.2) is 25.3 Å². The Labute approximate surface area is 186 Å². The van der Waals surface area contributed by atoms with Crippen LogP contribution in [0, 0.1) is 0 Å². The van der Waals surface area contributed by atoms with Crippen molar-refractivity contribution >= 4 is 41.9 Å². The molecule has 158 valence electrons. The summed E-state index contributed by atoms with van der Waals surface area (Å²) in [6, 6.07) is 0. The van der Waals surface area contributed by atoms with Crippen LogP contribution in [0.3, 0.4) is 0 Å². The van der Waals surface area contributed by atoms with Crippen molar-refractivity contribution in [1.82, 2.24) is 10.6 Å². The van der Waals surface area contributed by atoms with Gasteiger partial charge in [0.25, 0.3) is 0 Å². The second-order valence-corrected chi connectivity index (χ2v) is 10.5. The molecule has 28 heavy (non-hydrogen) atoms. The van der Waals surface area contributed by atoms with Gasteiger partial charge in [0, 0.05) is 31.3 Å². The van der Waals surface area contributed by atoms with Crippen molar-refractivity contribution in [1.29, 1.82) is 0 Å². The van der Waals surface area contributed by atoms with E-state index in [1.54, 1.807) is 0 Å². The van der Waals surface area contributed by atoms with Crippen LogP contribution in [-0.2, 0) is 43.8 Å². The normalized spacial score (nSPS) is 11.9. The maximum atomic E-state index is 11.5. The molecular formula is C12H21N2NaO10S3. The van der Waals surface area contributed by atoms with E-state index in [0.717, 1.165) is 5.41 Å². The zero-order valence-electron chi connectivity index (χ0n) is 15.2. The van der Waals surface area contributed by atoms with Gasteiger partial charge in [-0.15, -0.1) is 0 Å². The number of carbonyl (C=O) groups is 2. The minimum atomic E-state index is -4.98. The van der Waals surface area contributed by atoms with Gasteiger partial charge in [0.05, 0.1) is 23.9 Å². The van der Waals surface area contributed by atoms with Crippen LogP contribution in [0.1, 0.15) is 12.8 Å². The summed E-state index contributed by atoms with van der Waals surface area (Å²) in [5.41, 5.74) is 0. The van der Waals surface area contributed by atoms with Gasteiger partial charge in [-0.3, -0.25) is 13.8 Å². The second-order valence-electron chi connectivity index (χ2n) is 5.12. The summed E-state index contributed by atoms with van der Waals surface area (Å²) in [6.07, 6.45) is -0.667. The summed E-state index contributed by atoms with van der Waals surface area (Å²) in [5, 5.41) is 5.47. The average Bonchev–Trinajstić information content (AvgIpc) is 2.54. The van der Waals surface area contributed by atoms with E-state index in [2.05, 4.69) is 21.4 Å². The van der Waals surface area contributed by atoms with Crippen LogP contribution in [-0.4, -0.2) is 78.6 Å². The smallest absolute Gasteiger partial charge is 0.726 e. The number of rotatable bonds is 14. The Morgan fingerprint density at radius 1 is 0.893 bits per heavy atom. The van der Waals surface area contributed by atoms with E-state index < -0.39 is 66.4 Å². The fourth-order valence-electron chi connectivity index (χ4n) is 1.51. The maximum absolute atomic E-state index is 11.5. The quantitative estimate of drug-likeness (QED) is 0.107. The number of carbonyl (C=O) groups excluding carboxylic acids is 2. The zero-order valence-corrected chi connectivity index (χ0v) is 19.7. The van der Waals surface area contributed by atoms with Gasteiger partial charge in [-0.05, 0) is 0 Å². The topological polar surface area (TPSA) is 193 Å². The van der Waals surface area contributed by atoms with Crippen molar-refractivity contribution in [2.45, 2.75) is 12.8 Å². The molecule has 0 rings (SSSR count). The van der Waals surface area contributed by atoms with Crippen LogP contribution in [0.5, 0.6) is 0 Å². The molecule has 0 spiro atoms. The molecule has 0 aromatic rings. The first-order valence-corrected chi connectivity index (χ1v) is 12.3. The summed E-state index contributed by atoms with van der Waals surface area (Å²) < 4.78 is 79.7. The van der Waals surface area contributed by atoms with E-state index >= 15 is 0 Å². The number of nitrogens with one attached hydrogen (secondary N) is 2. The summed E-state index contributed by atoms with van der Waals surface area (Å²) in [5.74, 6) is -2.85. The average molecular weight is 472 g/mol. The molecule has 16 heteroatoms. The van der Waals surface area contributed by atoms with Gasteiger partial charge >= 0.3 is 29.6 Å². The Hall–Kier alpha value is -0.550. The number of hydrogen-bond acceptors (Lipinski definition) is 10. The van der Waals surface area contributed by atoms with Crippen molar-refractivity contribution < 1.29 is 73.1 Å². The molecule has 0 aliphatic rings. The molecule has 0 aromatic heterocycles. The fraction of sp³-hybridized carbons (Fsp3) is 0.667. The van der Waals surface area contributed by atoms with E-state index in [9.17, 15) is 39.4 Å². The SMILES string of the molecule is C=CS(=O)(=O)CCC(=O)NCCNC(=O)CCS(=O)(=O)CCOS(=O)(=O)[O-].[Na+]. The van der Waals surface area contributed by atoms with Crippen molar-refractivity contribution in [3.63, 3.8) is 0 Å². The van der Waals surface area contributed by atoms with Gasteiger partial charge in [-0.1, -0.05) is 6.58 Å². The maximum Gasteiger partial charge on any atom is 1.00 e. The van der Waals surface area contributed by atoms with Gasteiger partial charge in [0.15, 0.2) is 19.7 Å². The van der Waals surface area contributed by atoms with E-state index in [4.69, 9.17) is 0 Å². The van der Waals surface area contributed by atoms with Gasteiger partial charge in [0.1, 0.15) is 0 Å². The first-order valence-electron chi connectivity index (χ1n) is 7.45. The third kappa shape index (κ3) is 17.5. The van der Waals surface area contributed by atoms with Gasteiger partial charge < -0.3 is 15.2 Å². The summed E-state index contributed by atoms with van der Waals surface area (Å²) in [6.45, 7) is 2.29. The van der Waals surface area contributed by atoms with Crippen molar-refractivity contribution in [2.24, 2.45) is 0 Å². The minimum Gasteiger partial charge on any atom is -0.726 e. The molecule has 0 saturated carbocycles. The molecule has 2 amide bonds. The minimum absolute atomic E-state index is 0. The number of amides is 2. The molecule has 0 atom stereocenters. The first-order chi connectivity index (χ1) is 12.3. The third-order valence-electron chi connectivity index (χ3n) is 2.90. The van der Waals surface area contributed by atoms with E-state index in [1.165, 1.54) is 0 Å². The van der Waals surface area contributed by atoms with Gasteiger partial charge in [-0.2, -0.15) is 0 Å². The van der Waals surface area contributed by atoms with Crippen LogP contribution in [0.2, 0.25) is 0 Å². The molecule has 0 unspecified atom stereocenters. The Kier molecular flexibility index (Phi) is 14.4. The monoisotopic (exact) mass is 472 g/mol. The number of sulfone groups is 2. The van der Waals surface area contributed by atoms with Crippen molar-refractivity contribution in [3.05, 3.63) is 12.0 Å². The predicted molar refractivity (Wildman–Crippen MR) is 93.5 cm³/mol. The molecule has 2 N–H and O–H groups in total. The van der Waals surface area contributed by atoms with Gasteiger partial charge in [0.2, 0.25) is 22.2 Å². The molecule has 0 bridgehead atoms. The predicted octanol–water partition coefficient (Wildman–Crippen LogP) is -5.55. The molecule has 0 heterocycles. The van der Waals surface area contributed by atoms with Crippen LogP contribution < -0.4 is 40.2 Å². The second kappa shape index (κ2) is 13.6. The Bertz CT molecular complexity index is 837. The zero-order chi connectivity index (χ0) is 21.1. The molecule has 0 aliphatic carbocycles. The Morgan fingerprint density at radius 3 is 1.79 bits per heavy atom. The molecule has 0 aliphatic heterocycles. The van der Waals surface area contributed by atoms with E-state index in [1.807, 2.05) is 0 Å². The first kappa shape index (κ1) is 29.6. The molecular weight excluding hydrogens is 451 g/mol. The Balaban J connectivity index is 0. The van der Waals surface area contributed by atoms with Crippen LogP contribution in [0.15, 0.2) is 12.0 Å². The summed E-state index contributed by atoms with van der Waals surface area (Å²) in [7, 11) is -12.2. The molecule has 0 fully saturated rings. The molecule has 12 nitrogen and oxygen atoms in total. The van der Waals surface area contributed by atoms with Crippen LogP contribution >= 0.6 is 0 Å². The van der Waals surface area contributed by atoms with Crippen LogP contribution in [0.4, 0.5) is 0 Å². The Morgan fingerprint density at radius 2 is 1.36 bits per heavy atom. The summed E-state index contributed by atoms with van der Waals surface area (Å²) >= 11 is 0.